The van der Waals surface area contributed by atoms with Gasteiger partial charge < -0.3 is 21.1 Å². The molecule has 0 heterocycles. The van der Waals surface area contributed by atoms with Crippen LogP contribution in [-0.2, 0) is 0 Å². The third-order valence-electron chi connectivity index (χ3n) is 1.71. The predicted octanol–water partition coefficient (Wildman–Crippen LogP) is 0.753. The van der Waals surface area contributed by atoms with Crippen LogP contribution in [0.3, 0.4) is 0 Å². The van der Waals surface area contributed by atoms with Crippen molar-refractivity contribution < 1.29 is 9.53 Å². The molecule has 0 bridgehead atoms. The summed E-state index contributed by atoms with van der Waals surface area (Å²) in [5.41, 5.74) is 5.77. The Morgan fingerprint density at radius 1 is 1.56 bits per heavy atom. The summed E-state index contributed by atoms with van der Waals surface area (Å²) in [5.74, 6) is 0.494. The van der Waals surface area contributed by atoms with Gasteiger partial charge in [0.25, 0.3) is 0 Å². The van der Waals surface area contributed by atoms with Gasteiger partial charge in [-0.05, 0) is 12.1 Å². The minimum atomic E-state index is -0.302. The number of benzene rings is 1. The molecule has 0 spiro atoms. The number of hydrogen-bond donors (Lipinski definition) is 4. The van der Waals surface area contributed by atoms with Crippen LogP contribution in [0.1, 0.15) is 0 Å². The number of anilines is 1. The second kappa shape index (κ2) is 5.59. The average Bonchev–Trinajstić information content (AvgIpc) is 2.26. The normalized spacial score (nSPS) is 9.31. The van der Waals surface area contributed by atoms with Crippen molar-refractivity contribution in [1.82, 2.24) is 5.32 Å². The maximum Gasteiger partial charge on any atom is 0.318 e. The molecule has 0 aliphatic rings. The minimum Gasteiger partial charge on any atom is -0.486 e. The van der Waals surface area contributed by atoms with Crippen molar-refractivity contribution in [2.45, 2.75) is 0 Å². The molecule has 0 unspecified atom stereocenters. The standard InChI is InChI=1S/C10H14N4O2/c1-13-10(15)14-7-3-2-4-8(5-7)16-6-9(11)12/h2-5H,6H2,1H3,(H3,11,12)(H2,13,14,15). The lowest BCUT2D eigenvalue weighted by molar-refractivity contribution is 0.254. The Balaban J connectivity index is 2.63. The molecule has 0 atom stereocenters. The van der Waals surface area contributed by atoms with Crippen LogP contribution in [0.5, 0.6) is 5.75 Å². The first-order valence-corrected chi connectivity index (χ1v) is 4.66. The van der Waals surface area contributed by atoms with E-state index in [2.05, 4.69) is 10.6 Å². The van der Waals surface area contributed by atoms with Gasteiger partial charge in [-0.2, -0.15) is 0 Å². The van der Waals surface area contributed by atoms with Crippen LogP contribution in [0.2, 0.25) is 0 Å². The highest BCUT2D eigenvalue weighted by atomic mass is 16.5. The Bertz CT molecular complexity index is 392. The molecular formula is C10H14N4O2. The van der Waals surface area contributed by atoms with Crippen molar-refractivity contribution in [2.75, 3.05) is 19.0 Å². The SMILES string of the molecule is CNC(=O)Nc1cccc(OCC(=N)N)c1. The van der Waals surface area contributed by atoms with E-state index in [1.807, 2.05) is 0 Å². The van der Waals surface area contributed by atoms with Crippen LogP contribution in [-0.4, -0.2) is 25.5 Å². The number of rotatable bonds is 4. The first kappa shape index (κ1) is 11.8. The molecule has 2 amide bonds. The van der Waals surface area contributed by atoms with Crippen LogP contribution in [0.15, 0.2) is 24.3 Å². The molecule has 5 N–H and O–H groups in total. The van der Waals surface area contributed by atoms with E-state index >= 15 is 0 Å². The highest BCUT2D eigenvalue weighted by Gasteiger charge is 2.00. The van der Waals surface area contributed by atoms with Crippen molar-refractivity contribution >= 4 is 17.6 Å². The lowest BCUT2D eigenvalue weighted by Crippen LogP contribution is -2.24. The molecule has 1 aromatic rings. The molecule has 6 nitrogen and oxygen atoms in total. The van der Waals surface area contributed by atoms with E-state index in [0.29, 0.717) is 11.4 Å². The van der Waals surface area contributed by atoms with Crippen LogP contribution in [0.4, 0.5) is 10.5 Å². The fourth-order valence-corrected chi connectivity index (χ4v) is 1.02. The van der Waals surface area contributed by atoms with E-state index in [-0.39, 0.29) is 18.5 Å². The minimum absolute atomic E-state index is 0.0312. The number of amides is 2. The summed E-state index contributed by atoms with van der Waals surface area (Å²) < 4.78 is 5.20. The summed E-state index contributed by atoms with van der Waals surface area (Å²) in [6.45, 7) is 0.0312. The van der Waals surface area contributed by atoms with E-state index in [9.17, 15) is 4.79 Å². The zero-order chi connectivity index (χ0) is 12.0. The highest BCUT2D eigenvalue weighted by molar-refractivity contribution is 5.89. The Labute approximate surface area is 93.3 Å². The van der Waals surface area contributed by atoms with Gasteiger partial charge in [0, 0.05) is 18.8 Å². The van der Waals surface area contributed by atoms with E-state index in [0.717, 1.165) is 0 Å². The smallest absolute Gasteiger partial charge is 0.318 e. The Morgan fingerprint density at radius 2 is 2.31 bits per heavy atom. The monoisotopic (exact) mass is 222 g/mol. The van der Waals surface area contributed by atoms with Gasteiger partial charge in [-0.15, -0.1) is 0 Å². The maximum absolute atomic E-state index is 11.0. The molecule has 1 aromatic carbocycles. The zero-order valence-corrected chi connectivity index (χ0v) is 8.91. The van der Waals surface area contributed by atoms with E-state index in [4.69, 9.17) is 15.9 Å². The lowest BCUT2D eigenvalue weighted by atomic mass is 10.3. The molecule has 86 valence electrons. The van der Waals surface area contributed by atoms with Crippen molar-refractivity contribution in [1.29, 1.82) is 5.41 Å². The molecule has 0 saturated heterocycles. The topological polar surface area (TPSA) is 100 Å². The number of carbonyl (C=O) groups is 1. The number of ether oxygens (including phenoxy) is 1. The molecule has 0 aromatic heterocycles. The predicted molar refractivity (Wildman–Crippen MR) is 61.9 cm³/mol. The molecular weight excluding hydrogens is 208 g/mol. The lowest BCUT2D eigenvalue weighted by Gasteiger charge is -2.08. The van der Waals surface area contributed by atoms with Crippen molar-refractivity contribution in [3.63, 3.8) is 0 Å². The fraction of sp³-hybridized carbons (Fsp3) is 0.200. The van der Waals surface area contributed by atoms with Gasteiger partial charge in [0.1, 0.15) is 18.2 Å². The van der Waals surface area contributed by atoms with E-state index in [1.54, 1.807) is 24.3 Å². The third-order valence-corrected chi connectivity index (χ3v) is 1.71. The molecule has 6 heteroatoms. The summed E-state index contributed by atoms with van der Waals surface area (Å²) in [5, 5.41) is 12.1. The van der Waals surface area contributed by atoms with Gasteiger partial charge >= 0.3 is 6.03 Å². The summed E-state index contributed by atoms with van der Waals surface area (Å²) in [6.07, 6.45) is 0. The Kier molecular flexibility index (Phi) is 4.14. The van der Waals surface area contributed by atoms with Crippen molar-refractivity contribution in [2.24, 2.45) is 5.73 Å². The summed E-state index contributed by atoms with van der Waals surface area (Å²) >= 11 is 0. The third kappa shape index (κ3) is 3.87. The summed E-state index contributed by atoms with van der Waals surface area (Å²) in [7, 11) is 1.53. The first-order valence-electron chi connectivity index (χ1n) is 4.66. The molecule has 0 fully saturated rings. The Morgan fingerprint density at radius 3 is 2.94 bits per heavy atom. The van der Waals surface area contributed by atoms with Crippen molar-refractivity contribution in [3.8, 4) is 5.75 Å². The van der Waals surface area contributed by atoms with Gasteiger partial charge in [0.15, 0.2) is 0 Å². The average molecular weight is 222 g/mol. The first-order chi connectivity index (χ1) is 7.61. The van der Waals surface area contributed by atoms with Gasteiger partial charge in [-0.1, -0.05) is 6.07 Å². The van der Waals surface area contributed by atoms with Gasteiger partial charge in [-0.3, -0.25) is 5.41 Å². The molecule has 0 radical (unpaired) electrons. The number of nitrogens with one attached hydrogen (secondary N) is 3. The number of amidine groups is 1. The Hall–Kier alpha value is -2.24. The second-order valence-corrected chi connectivity index (χ2v) is 3.05. The second-order valence-electron chi connectivity index (χ2n) is 3.05. The van der Waals surface area contributed by atoms with Gasteiger partial charge in [0.2, 0.25) is 0 Å². The van der Waals surface area contributed by atoms with Crippen LogP contribution >= 0.6 is 0 Å². The van der Waals surface area contributed by atoms with Gasteiger partial charge in [-0.25, -0.2) is 4.79 Å². The van der Waals surface area contributed by atoms with Gasteiger partial charge in [0.05, 0.1) is 0 Å². The highest BCUT2D eigenvalue weighted by Crippen LogP contribution is 2.16. The molecule has 0 saturated carbocycles. The summed E-state index contributed by atoms with van der Waals surface area (Å²) in [6, 6.07) is 6.54. The molecule has 16 heavy (non-hydrogen) atoms. The largest absolute Gasteiger partial charge is 0.486 e. The summed E-state index contributed by atoms with van der Waals surface area (Å²) in [4.78, 5) is 11.0. The number of carbonyl (C=O) groups excluding carboxylic acids is 1. The maximum atomic E-state index is 11.0. The van der Waals surface area contributed by atoms with Crippen molar-refractivity contribution in [3.05, 3.63) is 24.3 Å². The molecule has 0 aliphatic heterocycles. The molecule has 1 rings (SSSR count). The van der Waals surface area contributed by atoms with Crippen LogP contribution in [0.25, 0.3) is 0 Å². The number of hydrogen-bond acceptors (Lipinski definition) is 3. The van der Waals surface area contributed by atoms with E-state index < -0.39 is 0 Å². The number of urea groups is 1. The van der Waals surface area contributed by atoms with E-state index in [1.165, 1.54) is 7.05 Å². The quantitative estimate of drug-likeness (QED) is 0.446. The zero-order valence-electron chi connectivity index (χ0n) is 8.91. The van der Waals surface area contributed by atoms with Crippen LogP contribution in [0, 0.1) is 5.41 Å². The number of nitrogens with two attached hydrogens (primary N) is 1. The molecule has 0 aliphatic carbocycles. The fourth-order valence-electron chi connectivity index (χ4n) is 1.02. The van der Waals surface area contributed by atoms with Crippen LogP contribution < -0.4 is 21.1 Å².